The van der Waals surface area contributed by atoms with Crippen molar-refractivity contribution >= 4 is 10.2 Å². The molecule has 1 aliphatic heterocycles. The van der Waals surface area contributed by atoms with E-state index in [0.29, 0.717) is 32.5 Å². The molecule has 1 heterocycles. The molecule has 0 aliphatic carbocycles. The molecule has 0 spiro atoms. The summed E-state index contributed by atoms with van der Waals surface area (Å²) in [6.07, 6.45) is -3.05. The quantitative estimate of drug-likeness (QED) is 0.801. The van der Waals surface area contributed by atoms with Crippen LogP contribution in [0.4, 0.5) is 13.2 Å². The molecule has 1 saturated heterocycles. The van der Waals surface area contributed by atoms with E-state index in [1.165, 1.54) is 16.3 Å². The fourth-order valence-corrected chi connectivity index (χ4v) is 3.64. The Morgan fingerprint density at radius 2 is 1.86 bits per heavy atom. The first kappa shape index (κ1) is 18.7. The summed E-state index contributed by atoms with van der Waals surface area (Å²) in [6.45, 7) is 3.68. The standard InChI is InChI=1S/C12H24F3N3O2S/c1-4-17(3)21(19,20)16-10(2)11-5-7-18(8-6-11)9-12(13,14)15/h10-11,16H,4-9H2,1-3H3. The third-order valence-corrected chi connectivity index (χ3v) is 5.68. The second kappa shape index (κ2) is 7.26. The van der Waals surface area contributed by atoms with Crippen molar-refractivity contribution in [3.8, 4) is 0 Å². The van der Waals surface area contributed by atoms with E-state index in [9.17, 15) is 21.6 Å². The predicted molar refractivity (Wildman–Crippen MR) is 75.0 cm³/mol. The molecule has 1 aliphatic rings. The van der Waals surface area contributed by atoms with E-state index in [-0.39, 0.29) is 12.0 Å². The van der Waals surface area contributed by atoms with Crippen LogP contribution in [-0.4, -0.2) is 63.1 Å². The molecule has 0 radical (unpaired) electrons. The molecule has 0 aromatic heterocycles. The molecule has 126 valence electrons. The van der Waals surface area contributed by atoms with Crippen LogP contribution in [-0.2, 0) is 10.2 Å². The van der Waals surface area contributed by atoms with Gasteiger partial charge < -0.3 is 0 Å². The van der Waals surface area contributed by atoms with E-state index in [2.05, 4.69) is 4.72 Å². The molecular formula is C12H24F3N3O2S. The van der Waals surface area contributed by atoms with Gasteiger partial charge >= 0.3 is 6.18 Å². The van der Waals surface area contributed by atoms with Gasteiger partial charge in [0.05, 0.1) is 6.54 Å². The largest absolute Gasteiger partial charge is 0.401 e. The molecule has 1 fully saturated rings. The van der Waals surface area contributed by atoms with Crippen LogP contribution in [0.15, 0.2) is 0 Å². The molecule has 1 unspecified atom stereocenters. The summed E-state index contributed by atoms with van der Waals surface area (Å²) in [7, 11) is -2.02. The van der Waals surface area contributed by atoms with Gasteiger partial charge in [0.15, 0.2) is 0 Å². The summed E-state index contributed by atoms with van der Waals surface area (Å²) in [5.41, 5.74) is 0. The fraction of sp³-hybridized carbons (Fsp3) is 1.00. The minimum atomic E-state index is -4.18. The Bertz CT molecular complexity index is 420. The molecule has 1 N–H and O–H groups in total. The zero-order valence-electron chi connectivity index (χ0n) is 12.7. The average Bonchev–Trinajstić information content (AvgIpc) is 2.36. The summed E-state index contributed by atoms with van der Waals surface area (Å²) in [6, 6.07) is -0.281. The molecule has 0 saturated carbocycles. The molecule has 0 amide bonds. The van der Waals surface area contributed by atoms with Gasteiger partial charge in [-0.25, -0.2) is 0 Å². The van der Waals surface area contributed by atoms with Crippen molar-refractivity contribution in [2.24, 2.45) is 5.92 Å². The van der Waals surface area contributed by atoms with Crippen molar-refractivity contribution in [2.45, 2.75) is 38.9 Å². The number of likely N-dealkylation sites (tertiary alicyclic amines) is 1. The number of alkyl halides is 3. The molecule has 1 atom stereocenters. The van der Waals surface area contributed by atoms with Gasteiger partial charge in [0, 0.05) is 19.6 Å². The van der Waals surface area contributed by atoms with Gasteiger partial charge in [-0.2, -0.15) is 30.6 Å². The van der Waals surface area contributed by atoms with Gasteiger partial charge in [0.25, 0.3) is 10.2 Å². The van der Waals surface area contributed by atoms with Crippen molar-refractivity contribution in [3.05, 3.63) is 0 Å². The van der Waals surface area contributed by atoms with Gasteiger partial charge in [-0.15, -0.1) is 0 Å². The van der Waals surface area contributed by atoms with Crippen molar-refractivity contribution in [3.63, 3.8) is 0 Å². The van der Waals surface area contributed by atoms with Gasteiger partial charge in [-0.1, -0.05) is 6.92 Å². The lowest BCUT2D eigenvalue weighted by atomic mass is 9.91. The maximum absolute atomic E-state index is 12.3. The van der Waals surface area contributed by atoms with Gasteiger partial charge in [0.1, 0.15) is 0 Å². The van der Waals surface area contributed by atoms with E-state index in [0.717, 1.165) is 0 Å². The molecule has 0 aromatic rings. The number of piperidine rings is 1. The van der Waals surface area contributed by atoms with E-state index >= 15 is 0 Å². The summed E-state index contributed by atoms with van der Waals surface area (Å²) < 4.78 is 64.6. The van der Waals surface area contributed by atoms with Crippen molar-refractivity contribution in [1.82, 2.24) is 13.9 Å². The monoisotopic (exact) mass is 331 g/mol. The van der Waals surface area contributed by atoms with Crippen LogP contribution in [0.5, 0.6) is 0 Å². The number of hydrogen-bond donors (Lipinski definition) is 1. The number of rotatable bonds is 6. The van der Waals surface area contributed by atoms with Crippen molar-refractivity contribution in [1.29, 1.82) is 0 Å². The van der Waals surface area contributed by atoms with E-state index in [1.54, 1.807) is 13.8 Å². The third-order valence-electron chi connectivity index (χ3n) is 3.93. The Hall–Kier alpha value is -0.380. The maximum atomic E-state index is 12.3. The molecule has 9 heteroatoms. The molecule has 0 aromatic carbocycles. The molecule has 21 heavy (non-hydrogen) atoms. The SMILES string of the molecule is CCN(C)S(=O)(=O)NC(C)C1CCN(CC(F)(F)F)CC1. The Labute approximate surface area is 124 Å². The van der Waals surface area contributed by atoms with Crippen LogP contribution in [0.1, 0.15) is 26.7 Å². The molecular weight excluding hydrogens is 307 g/mol. The molecule has 0 bridgehead atoms. The van der Waals surface area contributed by atoms with Crippen LogP contribution < -0.4 is 4.72 Å². The number of hydrogen-bond acceptors (Lipinski definition) is 3. The summed E-state index contributed by atoms with van der Waals surface area (Å²) in [4.78, 5) is 1.37. The third kappa shape index (κ3) is 6.09. The second-order valence-corrected chi connectivity index (χ2v) is 7.36. The lowest BCUT2D eigenvalue weighted by Gasteiger charge is -2.35. The number of nitrogens with zero attached hydrogens (tertiary/aromatic N) is 2. The first-order chi connectivity index (χ1) is 9.55. The van der Waals surface area contributed by atoms with Gasteiger partial charge in [0.2, 0.25) is 0 Å². The highest BCUT2D eigenvalue weighted by molar-refractivity contribution is 7.87. The van der Waals surface area contributed by atoms with Crippen LogP contribution >= 0.6 is 0 Å². The van der Waals surface area contributed by atoms with Crippen molar-refractivity contribution < 1.29 is 21.6 Å². The van der Waals surface area contributed by atoms with Gasteiger partial charge in [-0.05, 0) is 38.8 Å². The summed E-state index contributed by atoms with van der Waals surface area (Å²) >= 11 is 0. The van der Waals surface area contributed by atoms with Crippen LogP contribution in [0.25, 0.3) is 0 Å². The highest BCUT2D eigenvalue weighted by atomic mass is 32.2. The van der Waals surface area contributed by atoms with Crippen LogP contribution in [0, 0.1) is 5.92 Å². The molecule has 5 nitrogen and oxygen atoms in total. The smallest absolute Gasteiger partial charge is 0.295 e. The minimum absolute atomic E-state index is 0.0644. The van der Waals surface area contributed by atoms with E-state index in [4.69, 9.17) is 0 Å². The zero-order valence-corrected chi connectivity index (χ0v) is 13.5. The predicted octanol–water partition coefficient (Wildman–Crippen LogP) is 1.44. The van der Waals surface area contributed by atoms with Crippen LogP contribution in [0.2, 0.25) is 0 Å². The lowest BCUT2D eigenvalue weighted by molar-refractivity contribution is -0.148. The number of halogens is 3. The second-order valence-electron chi connectivity index (χ2n) is 5.55. The Morgan fingerprint density at radius 1 is 1.33 bits per heavy atom. The fourth-order valence-electron chi connectivity index (χ4n) is 2.46. The lowest BCUT2D eigenvalue weighted by Crippen LogP contribution is -2.48. The van der Waals surface area contributed by atoms with E-state index < -0.39 is 22.9 Å². The average molecular weight is 331 g/mol. The summed E-state index contributed by atoms with van der Waals surface area (Å²) in [5, 5.41) is 0. The summed E-state index contributed by atoms with van der Waals surface area (Å²) in [5.74, 6) is 0.0644. The Kier molecular flexibility index (Phi) is 6.45. The highest BCUT2D eigenvalue weighted by Gasteiger charge is 2.34. The first-order valence-electron chi connectivity index (χ1n) is 7.08. The first-order valence-corrected chi connectivity index (χ1v) is 8.52. The Morgan fingerprint density at radius 3 is 2.29 bits per heavy atom. The molecule has 1 rings (SSSR count). The highest BCUT2D eigenvalue weighted by Crippen LogP contribution is 2.24. The Balaban J connectivity index is 2.47. The topological polar surface area (TPSA) is 52.7 Å². The minimum Gasteiger partial charge on any atom is -0.295 e. The van der Waals surface area contributed by atoms with Gasteiger partial charge in [-0.3, -0.25) is 4.90 Å². The van der Waals surface area contributed by atoms with Crippen LogP contribution in [0.3, 0.4) is 0 Å². The number of nitrogens with one attached hydrogen (secondary N) is 1. The normalized spacial score (nSPS) is 20.9. The maximum Gasteiger partial charge on any atom is 0.401 e. The van der Waals surface area contributed by atoms with E-state index in [1.807, 2.05) is 0 Å². The van der Waals surface area contributed by atoms with Crippen molar-refractivity contribution in [2.75, 3.05) is 33.2 Å². The zero-order chi connectivity index (χ0) is 16.3.